The first-order valence-electron chi connectivity index (χ1n) is 9.78. The molecule has 6 aromatic rings. The van der Waals surface area contributed by atoms with Gasteiger partial charge in [-0.15, -0.1) is 0 Å². The van der Waals surface area contributed by atoms with Crippen molar-refractivity contribution < 1.29 is 4.39 Å². The van der Waals surface area contributed by atoms with Crippen molar-refractivity contribution in [3.63, 3.8) is 0 Å². The number of pyridine rings is 1. The van der Waals surface area contributed by atoms with Crippen LogP contribution >= 0.6 is 0 Å². The molecule has 6 nitrogen and oxygen atoms in total. The SMILES string of the molecule is Fc1ccc2[nH]nc(Nc3nc(-c4nccc5ccccc45)nc4ccccc34)c2c1. The van der Waals surface area contributed by atoms with Gasteiger partial charge in [-0.1, -0.05) is 36.4 Å². The number of fused-ring (bicyclic) bond motifs is 3. The second-order valence-electron chi connectivity index (χ2n) is 7.18. The van der Waals surface area contributed by atoms with Crippen LogP contribution in [0.15, 0.2) is 79.0 Å². The van der Waals surface area contributed by atoms with Gasteiger partial charge in [0, 0.05) is 22.4 Å². The first-order valence-corrected chi connectivity index (χ1v) is 9.78. The Morgan fingerprint density at radius 1 is 0.774 bits per heavy atom. The Morgan fingerprint density at radius 2 is 1.61 bits per heavy atom. The highest BCUT2D eigenvalue weighted by Gasteiger charge is 2.15. The molecule has 0 atom stereocenters. The predicted octanol–water partition coefficient (Wildman–Crippen LogP) is 5.60. The van der Waals surface area contributed by atoms with E-state index in [2.05, 4.69) is 20.5 Å². The van der Waals surface area contributed by atoms with Gasteiger partial charge in [0.25, 0.3) is 0 Å². The molecule has 3 aromatic heterocycles. The van der Waals surface area contributed by atoms with E-state index in [1.807, 2.05) is 54.6 Å². The predicted molar refractivity (Wildman–Crippen MR) is 120 cm³/mol. The third-order valence-electron chi connectivity index (χ3n) is 5.25. The van der Waals surface area contributed by atoms with E-state index in [1.54, 1.807) is 12.3 Å². The minimum atomic E-state index is -0.329. The van der Waals surface area contributed by atoms with E-state index < -0.39 is 0 Å². The van der Waals surface area contributed by atoms with E-state index in [-0.39, 0.29) is 5.82 Å². The lowest BCUT2D eigenvalue weighted by Gasteiger charge is -2.11. The van der Waals surface area contributed by atoms with Crippen LogP contribution in [0.25, 0.3) is 44.1 Å². The number of halogens is 1. The molecule has 0 bridgehead atoms. The molecule has 0 unspecified atom stereocenters. The minimum absolute atomic E-state index is 0.329. The second kappa shape index (κ2) is 6.84. The summed E-state index contributed by atoms with van der Waals surface area (Å²) in [6, 6.07) is 22.2. The van der Waals surface area contributed by atoms with Crippen LogP contribution in [0.4, 0.5) is 16.0 Å². The van der Waals surface area contributed by atoms with Crippen LogP contribution in [-0.4, -0.2) is 25.1 Å². The number of nitrogens with zero attached hydrogens (tertiary/aromatic N) is 4. The van der Waals surface area contributed by atoms with Gasteiger partial charge in [-0.25, -0.2) is 14.4 Å². The van der Waals surface area contributed by atoms with Gasteiger partial charge >= 0.3 is 0 Å². The van der Waals surface area contributed by atoms with Gasteiger partial charge in [0.1, 0.15) is 17.3 Å². The van der Waals surface area contributed by atoms with Gasteiger partial charge in [-0.3, -0.25) is 10.1 Å². The quantitative estimate of drug-likeness (QED) is 0.400. The van der Waals surface area contributed by atoms with Crippen molar-refractivity contribution in [3.8, 4) is 11.5 Å². The molecule has 0 aliphatic rings. The molecule has 6 rings (SSSR count). The van der Waals surface area contributed by atoms with Crippen molar-refractivity contribution in [2.24, 2.45) is 0 Å². The van der Waals surface area contributed by atoms with Crippen molar-refractivity contribution in [1.82, 2.24) is 25.1 Å². The maximum absolute atomic E-state index is 13.8. The fourth-order valence-corrected chi connectivity index (χ4v) is 3.77. The Balaban J connectivity index is 1.56. The van der Waals surface area contributed by atoms with Crippen molar-refractivity contribution in [2.75, 3.05) is 5.32 Å². The standard InChI is InChI=1S/C24H15FN6/c25-15-9-10-20-18(13-15)23(31-30-20)28-22-17-7-3-4-8-19(17)27-24(29-22)21-16-6-2-1-5-14(16)11-12-26-21/h1-13H,(H2,27,28,29,30,31). The van der Waals surface area contributed by atoms with Crippen molar-refractivity contribution in [3.05, 3.63) is 84.8 Å². The number of aromatic nitrogens is 5. The van der Waals surface area contributed by atoms with Crippen molar-refractivity contribution in [1.29, 1.82) is 0 Å². The zero-order valence-corrected chi connectivity index (χ0v) is 16.2. The highest BCUT2D eigenvalue weighted by Crippen LogP contribution is 2.31. The molecular formula is C24H15FN6. The summed E-state index contributed by atoms with van der Waals surface area (Å²) in [5.41, 5.74) is 2.21. The highest BCUT2D eigenvalue weighted by molar-refractivity contribution is 5.98. The summed E-state index contributed by atoms with van der Waals surface area (Å²) in [6.07, 6.45) is 1.76. The van der Waals surface area contributed by atoms with Gasteiger partial charge < -0.3 is 5.32 Å². The van der Waals surface area contributed by atoms with Crippen LogP contribution in [0, 0.1) is 5.82 Å². The highest BCUT2D eigenvalue weighted by atomic mass is 19.1. The van der Waals surface area contributed by atoms with E-state index >= 15 is 0 Å². The first kappa shape index (κ1) is 17.5. The third-order valence-corrected chi connectivity index (χ3v) is 5.25. The number of para-hydroxylation sites is 1. The maximum Gasteiger partial charge on any atom is 0.181 e. The lowest BCUT2D eigenvalue weighted by molar-refractivity contribution is 0.630. The summed E-state index contributed by atoms with van der Waals surface area (Å²) in [6.45, 7) is 0. The molecule has 0 saturated heterocycles. The van der Waals surface area contributed by atoms with Crippen LogP contribution in [0.5, 0.6) is 0 Å². The smallest absolute Gasteiger partial charge is 0.181 e. The Labute approximate surface area is 175 Å². The van der Waals surface area contributed by atoms with E-state index in [0.29, 0.717) is 28.5 Å². The fraction of sp³-hybridized carbons (Fsp3) is 0. The van der Waals surface area contributed by atoms with Crippen LogP contribution in [0.3, 0.4) is 0 Å². The van der Waals surface area contributed by atoms with E-state index in [0.717, 1.165) is 27.2 Å². The summed E-state index contributed by atoms with van der Waals surface area (Å²) in [7, 11) is 0. The van der Waals surface area contributed by atoms with E-state index in [9.17, 15) is 4.39 Å². The second-order valence-corrected chi connectivity index (χ2v) is 7.18. The third kappa shape index (κ3) is 2.95. The lowest BCUT2D eigenvalue weighted by Crippen LogP contribution is -2.01. The van der Waals surface area contributed by atoms with Crippen molar-refractivity contribution in [2.45, 2.75) is 0 Å². The summed E-state index contributed by atoms with van der Waals surface area (Å²) >= 11 is 0. The molecule has 0 amide bonds. The zero-order chi connectivity index (χ0) is 20.8. The number of nitrogens with one attached hydrogen (secondary N) is 2. The molecule has 3 aromatic carbocycles. The zero-order valence-electron chi connectivity index (χ0n) is 16.2. The Morgan fingerprint density at radius 3 is 2.55 bits per heavy atom. The Hall–Kier alpha value is -4.39. The molecule has 0 aliphatic heterocycles. The number of anilines is 2. The number of benzene rings is 3. The lowest BCUT2D eigenvalue weighted by atomic mass is 10.1. The van der Waals surface area contributed by atoms with Crippen LogP contribution in [0.1, 0.15) is 0 Å². The Kier molecular flexibility index (Phi) is 3.86. The summed E-state index contributed by atoms with van der Waals surface area (Å²) < 4.78 is 13.8. The van der Waals surface area contributed by atoms with Gasteiger partial charge in [0.05, 0.1) is 11.0 Å². The number of rotatable bonds is 3. The molecule has 2 N–H and O–H groups in total. The van der Waals surface area contributed by atoms with Crippen LogP contribution < -0.4 is 5.32 Å². The average molecular weight is 406 g/mol. The fourth-order valence-electron chi connectivity index (χ4n) is 3.77. The van der Waals surface area contributed by atoms with Gasteiger partial charge in [0.15, 0.2) is 11.6 Å². The molecule has 3 heterocycles. The van der Waals surface area contributed by atoms with Crippen LogP contribution in [-0.2, 0) is 0 Å². The molecule has 148 valence electrons. The number of hydrogen-bond donors (Lipinski definition) is 2. The molecule has 7 heteroatoms. The van der Waals surface area contributed by atoms with Crippen molar-refractivity contribution >= 4 is 44.2 Å². The molecule has 0 saturated carbocycles. The first-order chi connectivity index (χ1) is 15.3. The molecule has 0 aliphatic carbocycles. The molecular weight excluding hydrogens is 391 g/mol. The Bertz CT molecular complexity index is 1580. The molecule has 0 radical (unpaired) electrons. The largest absolute Gasteiger partial charge is 0.322 e. The van der Waals surface area contributed by atoms with E-state index in [4.69, 9.17) is 9.97 Å². The van der Waals surface area contributed by atoms with Crippen LogP contribution in [0.2, 0.25) is 0 Å². The molecule has 0 fully saturated rings. The van der Waals surface area contributed by atoms with Gasteiger partial charge in [0.2, 0.25) is 0 Å². The summed E-state index contributed by atoms with van der Waals surface area (Å²) in [5.74, 6) is 1.25. The van der Waals surface area contributed by atoms with Gasteiger partial charge in [-0.05, 0) is 41.8 Å². The molecule has 31 heavy (non-hydrogen) atoms. The average Bonchev–Trinajstić information content (AvgIpc) is 3.20. The van der Waals surface area contributed by atoms with E-state index in [1.165, 1.54) is 12.1 Å². The minimum Gasteiger partial charge on any atom is -0.322 e. The maximum atomic E-state index is 13.8. The molecule has 0 spiro atoms. The monoisotopic (exact) mass is 406 g/mol. The summed E-state index contributed by atoms with van der Waals surface area (Å²) in [5, 5.41) is 14.0. The number of aromatic amines is 1. The topological polar surface area (TPSA) is 79.4 Å². The normalized spacial score (nSPS) is 11.4. The van der Waals surface area contributed by atoms with Gasteiger partial charge in [-0.2, -0.15) is 5.10 Å². The number of H-pyrrole nitrogens is 1. The number of hydrogen-bond acceptors (Lipinski definition) is 5. The summed E-state index contributed by atoms with van der Waals surface area (Å²) in [4.78, 5) is 14.1.